The van der Waals surface area contributed by atoms with Crippen molar-refractivity contribution in [3.8, 4) is 0 Å². The Labute approximate surface area is 146 Å². The monoisotopic (exact) mass is 339 g/mol. The molecule has 1 aliphatic heterocycles. The van der Waals surface area contributed by atoms with Crippen molar-refractivity contribution in [3.05, 3.63) is 59.4 Å². The van der Waals surface area contributed by atoms with Gasteiger partial charge >= 0.3 is 0 Å². The van der Waals surface area contributed by atoms with E-state index in [0.717, 1.165) is 25.1 Å². The normalized spacial score (nSPS) is 16.4. The molecule has 1 aromatic carbocycles. The topological polar surface area (TPSA) is 80.3 Å². The third kappa shape index (κ3) is 4.42. The fourth-order valence-corrected chi connectivity index (χ4v) is 2.75. The Morgan fingerprint density at radius 1 is 1.16 bits per heavy atom. The highest BCUT2D eigenvalue weighted by Crippen LogP contribution is 2.17. The first-order chi connectivity index (χ1) is 12.1. The Kier molecular flexibility index (Phi) is 5.40. The molecule has 1 unspecified atom stereocenters. The molecule has 130 valence electrons. The molecular weight excluding hydrogens is 318 g/mol. The van der Waals surface area contributed by atoms with Gasteiger partial charge in [-0.2, -0.15) is 0 Å². The molecule has 3 rings (SSSR count). The number of carbonyl (C=O) groups is 2. The summed E-state index contributed by atoms with van der Waals surface area (Å²) in [6, 6.07) is 12.2. The number of para-hydroxylation sites is 1. The molecule has 0 bridgehead atoms. The van der Waals surface area contributed by atoms with Crippen LogP contribution in [-0.4, -0.2) is 36.1 Å². The van der Waals surface area contributed by atoms with Crippen LogP contribution in [0.4, 0.5) is 5.69 Å². The third-order valence-corrected chi connectivity index (χ3v) is 4.06. The van der Waals surface area contributed by atoms with E-state index in [1.165, 1.54) is 0 Å². The Bertz CT molecular complexity index is 770. The van der Waals surface area contributed by atoms with Crippen molar-refractivity contribution in [1.82, 2.24) is 10.3 Å². The predicted molar refractivity (Wildman–Crippen MR) is 94.7 cm³/mol. The van der Waals surface area contributed by atoms with E-state index in [1.54, 1.807) is 36.4 Å². The smallest absolute Gasteiger partial charge is 0.274 e. The minimum Gasteiger partial charge on any atom is -0.376 e. The van der Waals surface area contributed by atoms with Crippen LogP contribution in [0.3, 0.4) is 0 Å². The first kappa shape index (κ1) is 17.1. The number of carbonyl (C=O) groups excluding carboxylic acids is 2. The average molecular weight is 339 g/mol. The van der Waals surface area contributed by atoms with Crippen molar-refractivity contribution < 1.29 is 14.3 Å². The SMILES string of the molecule is Cc1cccc(C(=O)Nc2ccccc2C(=O)NCC2CCCO2)n1. The largest absolute Gasteiger partial charge is 0.376 e. The number of amides is 2. The van der Waals surface area contributed by atoms with E-state index >= 15 is 0 Å². The summed E-state index contributed by atoms with van der Waals surface area (Å²) in [5.74, 6) is -0.577. The molecule has 2 N–H and O–H groups in total. The van der Waals surface area contributed by atoms with Gasteiger partial charge < -0.3 is 15.4 Å². The highest BCUT2D eigenvalue weighted by atomic mass is 16.5. The van der Waals surface area contributed by atoms with E-state index in [9.17, 15) is 9.59 Å². The van der Waals surface area contributed by atoms with E-state index in [0.29, 0.717) is 23.5 Å². The second-order valence-corrected chi connectivity index (χ2v) is 6.01. The summed E-state index contributed by atoms with van der Waals surface area (Å²) in [6.45, 7) is 3.04. The maximum absolute atomic E-state index is 12.5. The second-order valence-electron chi connectivity index (χ2n) is 6.01. The van der Waals surface area contributed by atoms with Crippen LogP contribution in [-0.2, 0) is 4.74 Å². The summed E-state index contributed by atoms with van der Waals surface area (Å²) in [4.78, 5) is 29.0. The molecule has 2 aromatic rings. The number of pyridine rings is 1. The lowest BCUT2D eigenvalue weighted by Crippen LogP contribution is -2.32. The second kappa shape index (κ2) is 7.90. The van der Waals surface area contributed by atoms with Gasteiger partial charge in [-0.3, -0.25) is 9.59 Å². The molecule has 6 heteroatoms. The molecule has 0 radical (unpaired) electrons. The van der Waals surface area contributed by atoms with Crippen LogP contribution in [0.1, 0.15) is 39.4 Å². The van der Waals surface area contributed by atoms with Crippen LogP contribution < -0.4 is 10.6 Å². The van der Waals surface area contributed by atoms with Gasteiger partial charge in [-0.15, -0.1) is 0 Å². The van der Waals surface area contributed by atoms with Crippen LogP contribution in [0.5, 0.6) is 0 Å². The quantitative estimate of drug-likeness (QED) is 0.877. The molecular formula is C19H21N3O3. The molecule has 1 aromatic heterocycles. The minimum absolute atomic E-state index is 0.0715. The summed E-state index contributed by atoms with van der Waals surface area (Å²) in [7, 11) is 0. The molecule has 2 heterocycles. The van der Waals surface area contributed by atoms with E-state index in [1.807, 2.05) is 13.0 Å². The number of aromatic nitrogens is 1. The average Bonchev–Trinajstić information content (AvgIpc) is 3.13. The molecule has 0 saturated carbocycles. The van der Waals surface area contributed by atoms with Gasteiger partial charge in [0.05, 0.1) is 17.4 Å². The van der Waals surface area contributed by atoms with Crippen molar-refractivity contribution in [2.45, 2.75) is 25.9 Å². The summed E-state index contributed by atoms with van der Waals surface area (Å²) in [6.07, 6.45) is 2.05. The Morgan fingerprint density at radius 3 is 2.76 bits per heavy atom. The highest BCUT2D eigenvalue weighted by molar-refractivity contribution is 6.08. The Hall–Kier alpha value is -2.73. The van der Waals surface area contributed by atoms with Crippen molar-refractivity contribution in [2.24, 2.45) is 0 Å². The number of hydrogen-bond donors (Lipinski definition) is 2. The molecule has 1 atom stereocenters. The first-order valence-corrected chi connectivity index (χ1v) is 8.37. The van der Waals surface area contributed by atoms with E-state index in [-0.39, 0.29) is 17.9 Å². The van der Waals surface area contributed by atoms with Crippen molar-refractivity contribution >= 4 is 17.5 Å². The van der Waals surface area contributed by atoms with E-state index < -0.39 is 0 Å². The zero-order valence-electron chi connectivity index (χ0n) is 14.1. The molecule has 2 amide bonds. The fraction of sp³-hybridized carbons (Fsp3) is 0.316. The molecule has 1 saturated heterocycles. The van der Waals surface area contributed by atoms with Crippen LogP contribution >= 0.6 is 0 Å². The number of nitrogens with one attached hydrogen (secondary N) is 2. The van der Waals surface area contributed by atoms with Gasteiger partial charge in [0.15, 0.2) is 0 Å². The molecule has 6 nitrogen and oxygen atoms in total. The molecule has 0 spiro atoms. The number of ether oxygens (including phenoxy) is 1. The third-order valence-electron chi connectivity index (χ3n) is 4.06. The number of rotatable bonds is 5. The van der Waals surface area contributed by atoms with Crippen molar-refractivity contribution in [3.63, 3.8) is 0 Å². The number of anilines is 1. The maximum Gasteiger partial charge on any atom is 0.274 e. The van der Waals surface area contributed by atoms with Crippen molar-refractivity contribution in [2.75, 3.05) is 18.5 Å². The fourth-order valence-electron chi connectivity index (χ4n) is 2.75. The standard InChI is InChI=1S/C19H21N3O3/c1-13-6-4-10-17(21-13)19(24)22-16-9-3-2-8-15(16)18(23)20-12-14-7-5-11-25-14/h2-4,6,8-10,14H,5,7,11-12H2,1H3,(H,20,23)(H,22,24). The van der Waals surface area contributed by atoms with Crippen LogP contribution in [0.15, 0.2) is 42.5 Å². The van der Waals surface area contributed by atoms with Crippen LogP contribution in [0.25, 0.3) is 0 Å². The molecule has 1 aliphatic rings. The maximum atomic E-state index is 12.5. The highest BCUT2D eigenvalue weighted by Gasteiger charge is 2.19. The molecule has 1 fully saturated rings. The van der Waals surface area contributed by atoms with Crippen LogP contribution in [0.2, 0.25) is 0 Å². The number of nitrogens with zero attached hydrogens (tertiary/aromatic N) is 1. The number of hydrogen-bond acceptors (Lipinski definition) is 4. The van der Waals surface area contributed by atoms with Crippen molar-refractivity contribution in [1.29, 1.82) is 0 Å². The summed E-state index contributed by atoms with van der Waals surface area (Å²) in [5, 5.41) is 5.64. The van der Waals surface area contributed by atoms with Crippen LogP contribution in [0, 0.1) is 6.92 Å². The van der Waals surface area contributed by atoms with Gasteiger partial charge in [0.1, 0.15) is 5.69 Å². The lowest BCUT2D eigenvalue weighted by Gasteiger charge is -2.13. The molecule has 0 aliphatic carbocycles. The number of benzene rings is 1. The lowest BCUT2D eigenvalue weighted by molar-refractivity contribution is 0.0858. The molecule has 25 heavy (non-hydrogen) atoms. The van der Waals surface area contributed by atoms with Gasteiger partial charge in [-0.25, -0.2) is 4.98 Å². The first-order valence-electron chi connectivity index (χ1n) is 8.37. The summed E-state index contributed by atoms with van der Waals surface area (Å²) < 4.78 is 5.51. The minimum atomic E-state index is -0.344. The van der Waals surface area contributed by atoms with E-state index in [2.05, 4.69) is 15.6 Å². The Morgan fingerprint density at radius 2 is 2.00 bits per heavy atom. The zero-order chi connectivity index (χ0) is 17.6. The van der Waals surface area contributed by atoms with Gasteiger partial charge in [0, 0.05) is 18.8 Å². The summed E-state index contributed by atoms with van der Waals surface area (Å²) in [5.41, 5.74) is 1.95. The van der Waals surface area contributed by atoms with Gasteiger partial charge in [-0.1, -0.05) is 18.2 Å². The predicted octanol–water partition coefficient (Wildman–Crippen LogP) is 2.55. The Balaban J connectivity index is 1.69. The lowest BCUT2D eigenvalue weighted by atomic mass is 10.1. The van der Waals surface area contributed by atoms with Gasteiger partial charge in [0.25, 0.3) is 11.8 Å². The zero-order valence-corrected chi connectivity index (χ0v) is 14.1. The van der Waals surface area contributed by atoms with E-state index in [4.69, 9.17) is 4.74 Å². The number of aryl methyl sites for hydroxylation is 1. The summed E-state index contributed by atoms with van der Waals surface area (Å²) >= 11 is 0. The van der Waals surface area contributed by atoms with Gasteiger partial charge in [-0.05, 0) is 44.0 Å². The van der Waals surface area contributed by atoms with Gasteiger partial charge in [0.2, 0.25) is 0 Å².